The number of carbonyl (C=O) groups is 1. The lowest BCUT2D eigenvalue weighted by Crippen LogP contribution is -2.48. The van der Waals surface area contributed by atoms with Gasteiger partial charge in [0.2, 0.25) is 0 Å². The zero-order chi connectivity index (χ0) is 18.7. The van der Waals surface area contributed by atoms with Crippen LogP contribution >= 0.6 is 0 Å². The topological polar surface area (TPSA) is 72.5 Å². The van der Waals surface area contributed by atoms with Gasteiger partial charge in [-0.3, -0.25) is 4.98 Å². The minimum Gasteiger partial charge on any atom is -0.486 e. The molecule has 1 saturated carbocycles. The Bertz CT molecular complexity index is 831. The fourth-order valence-electron chi connectivity index (χ4n) is 3.94. The van der Waals surface area contributed by atoms with E-state index < -0.39 is 0 Å². The Morgan fingerprint density at radius 1 is 1.15 bits per heavy atom. The molecule has 2 amide bonds. The van der Waals surface area contributed by atoms with Crippen LogP contribution in [-0.4, -0.2) is 24.2 Å². The number of aryl methyl sites for hydroxylation is 1. The van der Waals surface area contributed by atoms with Gasteiger partial charge in [0, 0.05) is 18.9 Å². The fourth-order valence-corrected chi connectivity index (χ4v) is 3.94. The molecule has 1 aromatic heterocycles. The smallest absolute Gasteiger partial charge is 0.315 e. The van der Waals surface area contributed by atoms with Crippen LogP contribution in [0.5, 0.6) is 11.5 Å². The standard InChI is InChI=1S/C21H25N3O3/c1-15-13-22-9-6-16(15)14-23-20(25)24-21(7-2-3-8-21)17-4-5-18-19(12-17)27-11-10-26-18/h4-6,9,12-13H,2-3,7-8,10-11,14H2,1H3,(H2,23,24,25). The fraction of sp³-hybridized carbons (Fsp3) is 0.429. The summed E-state index contributed by atoms with van der Waals surface area (Å²) in [5.74, 6) is 1.54. The lowest BCUT2D eigenvalue weighted by molar-refractivity contribution is 0.170. The molecule has 0 unspecified atom stereocenters. The van der Waals surface area contributed by atoms with Crippen molar-refractivity contribution in [3.8, 4) is 11.5 Å². The van der Waals surface area contributed by atoms with E-state index in [1.54, 1.807) is 6.20 Å². The number of benzene rings is 1. The third kappa shape index (κ3) is 3.70. The molecule has 6 heteroatoms. The van der Waals surface area contributed by atoms with Gasteiger partial charge in [0.1, 0.15) is 13.2 Å². The van der Waals surface area contributed by atoms with E-state index in [0.29, 0.717) is 19.8 Å². The van der Waals surface area contributed by atoms with Gasteiger partial charge in [-0.15, -0.1) is 0 Å². The summed E-state index contributed by atoms with van der Waals surface area (Å²) >= 11 is 0. The average Bonchev–Trinajstić information content (AvgIpc) is 3.16. The third-order valence-corrected chi connectivity index (χ3v) is 5.48. The molecule has 2 aromatic rings. The second-order valence-electron chi connectivity index (χ2n) is 7.26. The van der Waals surface area contributed by atoms with Crippen LogP contribution < -0.4 is 20.1 Å². The number of aromatic nitrogens is 1. The lowest BCUT2D eigenvalue weighted by atomic mass is 9.88. The van der Waals surface area contributed by atoms with Crippen LogP contribution in [0.3, 0.4) is 0 Å². The van der Waals surface area contributed by atoms with Crippen molar-refractivity contribution in [2.45, 2.75) is 44.7 Å². The van der Waals surface area contributed by atoms with Gasteiger partial charge in [0.05, 0.1) is 5.54 Å². The van der Waals surface area contributed by atoms with Crippen molar-refractivity contribution in [1.82, 2.24) is 15.6 Å². The number of hydrogen-bond acceptors (Lipinski definition) is 4. The van der Waals surface area contributed by atoms with Gasteiger partial charge in [0.15, 0.2) is 11.5 Å². The summed E-state index contributed by atoms with van der Waals surface area (Å²) in [6, 6.07) is 7.80. The molecule has 0 radical (unpaired) electrons. The predicted molar refractivity (Wildman–Crippen MR) is 102 cm³/mol. The Labute approximate surface area is 159 Å². The van der Waals surface area contributed by atoms with Gasteiger partial charge in [-0.25, -0.2) is 4.79 Å². The van der Waals surface area contributed by atoms with Crippen molar-refractivity contribution >= 4 is 6.03 Å². The van der Waals surface area contributed by atoms with Crippen molar-refractivity contribution in [3.05, 3.63) is 53.3 Å². The SMILES string of the molecule is Cc1cnccc1CNC(=O)NC1(c2ccc3c(c2)OCCO3)CCCC1. The molecule has 2 heterocycles. The molecule has 27 heavy (non-hydrogen) atoms. The number of nitrogens with zero attached hydrogens (tertiary/aromatic N) is 1. The number of pyridine rings is 1. The highest BCUT2D eigenvalue weighted by Crippen LogP contribution is 2.42. The van der Waals surface area contributed by atoms with Crippen LogP contribution in [0.4, 0.5) is 4.79 Å². The first-order valence-electron chi connectivity index (χ1n) is 9.52. The Balaban J connectivity index is 1.49. The van der Waals surface area contributed by atoms with Crippen LogP contribution in [0.25, 0.3) is 0 Å². The van der Waals surface area contributed by atoms with E-state index in [2.05, 4.69) is 15.6 Å². The molecule has 1 aliphatic heterocycles. The average molecular weight is 367 g/mol. The zero-order valence-corrected chi connectivity index (χ0v) is 15.6. The van der Waals surface area contributed by atoms with Crippen molar-refractivity contribution in [1.29, 1.82) is 0 Å². The summed E-state index contributed by atoms with van der Waals surface area (Å²) in [5.41, 5.74) is 2.87. The second-order valence-corrected chi connectivity index (χ2v) is 7.26. The Morgan fingerprint density at radius 2 is 1.93 bits per heavy atom. The van der Waals surface area contributed by atoms with Crippen LogP contribution in [-0.2, 0) is 12.1 Å². The maximum Gasteiger partial charge on any atom is 0.315 e. The van der Waals surface area contributed by atoms with Gasteiger partial charge in [-0.05, 0) is 54.7 Å². The van der Waals surface area contributed by atoms with Gasteiger partial charge >= 0.3 is 6.03 Å². The quantitative estimate of drug-likeness (QED) is 0.868. The number of amides is 2. The van der Waals surface area contributed by atoms with Crippen molar-refractivity contribution < 1.29 is 14.3 Å². The molecule has 1 aliphatic carbocycles. The first-order valence-corrected chi connectivity index (χ1v) is 9.52. The van der Waals surface area contributed by atoms with Crippen LogP contribution in [0.15, 0.2) is 36.7 Å². The third-order valence-electron chi connectivity index (χ3n) is 5.48. The molecular formula is C21H25N3O3. The van der Waals surface area contributed by atoms with E-state index in [1.165, 1.54) is 0 Å². The number of fused-ring (bicyclic) bond motifs is 1. The zero-order valence-electron chi connectivity index (χ0n) is 15.6. The molecule has 6 nitrogen and oxygen atoms in total. The summed E-state index contributed by atoms with van der Waals surface area (Å²) in [5, 5.41) is 6.23. The van der Waals surface area contributed by atoms with Crippen LogP contribution in [0.2, 0.25) is 0 Å². The highest BCUT2D eigenvalue weighted by molar-refractivity contribution is 5.75. The highest BCUT2D eigenvalue weighted by atomic mass is 16.6. The number of ether oxygens (including phenoxy) is 2. The Kier molecular flexibility index (Phi) is 4.88. The molecule has 0 atom stereocenters. The van der Waals surface area contributed by atoms with E-state index in [4.69, 9.17) is 9.47 Å². The number of urea groups is 1. The minimum absolute atomic E-state index is 0.150. The van der Waals surface area contributed by atoms with E-state index in [0.717, 1.165) is 53.9 Å². The summed E-state index contributed by atoms with van der Waals surface area (Å²) in [6.45, 7) is 3.61. The molecular weight excluding hydrogens is 342 g/mol. The molecule has 0 saturated heterocycles. The number of hydrogen-bond donors (Lipinski definition) is 2. The number of nitrogens with one attached hydrogen (secondary N) is 2. The molecule has 142 valence electrons. The predicted octanol–water partition coefficient (Wildman–Crippen LogP) is 3.43. The van der Waals surface area contributed by atoms with E-state index in [-0.39, 0.29) is 11.6 Å². The number of rotatable bonds is 4. The first-order chi connectivity index (χ1) is 13.2. The molecule has 4 rings (SSSR count). The maximum atomic E-state index is 12.7. The lowest BCUT2D eigenvalue weighted by Gasteiger charge is -2.32. The monoisotopic (exact) mass is 367 g/mol. The van der Waals surface area contributed by atoms with E-state index in [9.17, 15) is 4.79 Å². The molecule has 0 spiro atoms. The van der Waals surface area contributed by atoms with Gasteiger partial charge < -0.3 is 20.1 Å². The van der Waals surface area contributed by atoms with Crippen molar-refractivity contribution in [3.63, 3.8) is 0 Å². The van der Waals surface area contributed by atoms with Gasteiger partial charge in [0.25, 0.3) is 0 Å². The first kappa shape index (κ1) is 17.6. The van der Waals surface area contributed by atoms with Crippen molar-refractivity contribution in [2.24, 2.45) is 0 Å². The largest absolute Gasteiger partial charge is 0.486 e. The summed E-state index contributed by atoms with van der Waals surface area (Å²) in [7, 11) is 0. The van der Waals surface area contributed by atoms with Crippen LogP contribution in [0.1, 0.15) is 42.4 Å². The maximum absolute atomic E-state index is 12.7. The molecule has 1 fully saturated rings. The van der Waals surface area contributed by atoms with Crippen molar-refractivity contribution in [2.75, 3.05) is 13.2 Å². The van der Waals surface area contributed by atoms with Gasteiger partial charge in [-0.1, -0.05) is 18.9 Å². The summed E-state index contributed by atoms with van der Waals surface area (Å²) in [4.78, 5) is 16.7. The highest BCUT2D eigenvalue weighted by Gasteiger charge is 2.37. The van der Waals surface area contributed by atoms with E-state index >= 15 is 0 Å². The molecule has 1 aromatic carbocycles. The van der Waals surface area contributed by atoms with Crippen LogP contribution in [0, 0.1) is 6.92 Å². The summed E-state index contributed by atoms with van der Waals surface area (Å²) < 4.78 is 11.4. The molecule has 2 N–H and O–H groups in total. The minimum atomic E-state index is -0.354. The van der Waals surface area contributed by atoms with Gasteiger partial charge in [-0.2, -0.15) is 0 Å². The molecule has 2 aliphatic rings. The second kappa shape index (κ2) is 7.47. The Hall–Kier alpha value is -2.76. The normalized spacial score (nSPS) is 17.4. The van der Waals surface area contributed by atoms with E-state index in [1.807, 2.05) is 37.4 Å². The molecule has 0 bridgehead atoms. The number of carbonyl (C=O) groups excluding carboxylic acids is 1. The Morgan fingerprint density at radius 3 is 2.70 bits per heavy atom. The summed E-state index contributed by atoms with van der Waals surface area (Å²) in [6.07, 6.45) is 7.59.